The summed E-state index contributed by atoms with van der Waals surface area (Å²) in [6.07, 6.45) is 1.78. The number of amides is 1. The van der Waals surface area contributed by atoms with Gasteiger partial charge in [0.25, 0.3) is 0 Å². The zero-order valence-electron chi connectivity index (χ0n) is 15.2. The van der Waals surface area contributed by atoms with Crippen molar-refractivity contribution in [3.05, 3.63) is 24.3 Å². The van der Waals surface area contributed by atoms with Gasteiger partial charge < -0.3 is 10.1 Å². The van der Waals surface area contributed by atoms with Crippen molar-refractivity contribution in [2.75, 3.05) is 19.7 Å². The lowest BCUT2D eigenvalue weighted by Crippen LogP contribution is -2.46. The summed E-state index contributed by atoms with van der Waals surface area (Å²) in [5, 5.41) is 3.01. The van der Waals surface area contributed by atoms with Crippen LogP contribution >= 0.6 is 0 Å². The van der Waals surface area contributed by atoms with E-state index >= 15 is 0 Å². The third kappa shape index (κ3) is 5.44. The number of nitrogens with zero attached hydrogens (tertiary/aromatic N) is 1. The van der Waals surface area contributed by atoms with Gasteiger partial charge in [-0.25, -0.2) is 8.42 Å². The summed E-state index contributed by atoms with van der Waals surface area (Å²) < 4.78 is 32.3. The number of sulfonamides is 1. The number of benzene rings is 1. The molecule has 1 heterocycles. The van der Waals surface area contributed by atoms with Crippen LogP contribution in [0.15, 0.2) is 29.2 Å². The van der Waals surface area contributed by atoms with E-state index in [1.54, 1.807) is 24.3 Å². The fourth-order valence-electron chi connectivity index (χ4n) is 2.92. The highest BCUT2D eigenvalue weighted by molar-refractivity contribution is 7.89. The molecule has 0 radical (unpaired) electrons. The first-order chi connectivity index (χ1) is 11.8. The average molecular weight is 368 g/mol. The lowest BCUT2D eigenvalue weighted by atomic mass is 10.1. The highest BCUT2D eigenvalue weighted by Gasteiger charge is 2.29. The number of rotatable bonds is 7. The number of carbonyl (C=O) groups excluding carboxylic acids is 1. The second-order valence-electron chi connectivity index (χ2n) is 6.75. The average Bonchev–Trinajstić information content (AvgIpc) is 2.55. The fourth-order valence-corrected chi connectivity index (χ4v) is 4.39. The second-order valence-corrected chi connectivity index (χ2v) is 8.69. The molecular weight excluding hydrogens is 340 g/mol. The molecule has 0 bridgehead atoms. The Bertz CT molecular complexity index is 663. The van der Waals surface area contributed by atoms with Crippen molar-refractivity contribution in [3.63, 3.8) is 0 Å². The quantitative estimate of drug-likeness (QED) is 0.802. The molecule has 0 spiro atoms. The van der Waals surface area contributed by atoms with Crippen molar-refractivity contribution in [1.82, 2.24) is 9.62 Å². The molecule has 1 aromatic rings. The number of hydrogen-bond donors (Lipinski definition) is 1. The molecule has 1 N–H and O–H groups in total. The lowest BCUT2D eigenvalue weighted by molar-refractivity contribution is -0.122. The van der Waals surface area contributed by atoms with E-state index < -0.39 is 10.0 Å². The van der Waals surface area contributed by atoms with Gasteiger partial charge in [-0.1, -0.05) is 13.8 Å². The zero-order chi connectivity index (χ0) is 18.4. The first kappa shape index (κ1) is 19.7. The Hall–Kier alpha value is -1.60. The third-order valence-corrected chi connectivity index (χ3v) is 6.10. The van der Waals surface area contributed by atoms with E-state index in [4.69, 9.17) is 4.74 Å². The topological polar surface area (TPSA) is 75.7 Å². The third-order valence-electron chi connectivity index (χ3n) is 4.19. The van der Waals surface area contributed by atoms with Crippen LogP contribution in [0.3, 0.4) is 0 Å². The normalized spacial score (nSPS) is 16.8. The zero-order valence-corrected chi connectivity index (χ0v) is 16.0. The minimum atomic E-state index is -3.50. The summed E-state index contributed by atoms with van der Waals surface area (Å²) >= 11 is 0. The second kappa shape index (κ2) is 8.67. The Kier molecular flexibility index (Phi) is 6.84. The lowest BCUT2D eigenvalue weighted by Gasteiger charge is -2.31. The predicted molar refractivity (Wildman–Crippen MR) is 97.0 cm³/mol. The van der Waals surface area contributed by atoms with Crippen LogP contribution in [0.5, 0.6) is 5.75 Å². The highest BCUT2D eigenvalue weighted by atomic mass is 32.2. The van der Waals surface area contributed by atoms with Gasteiger partial charge in [0.2, 0.25) is 15.9 Å². The Morgan fingerprint density at radius 2 is 1.84 bits per heavy atom. The van der Waals surface area contributed by atoms with E-state index in [-0.39, 0.29) is 16.8 Å². The van der Waals surface area contributed by atoms with Gasteiger partial charge in [0.1, 0.15) is 5.75 Å². The van der Waals surface area contributed by atoms with Crippen LogP contribution in [0.2, 0.25) is 0 Å². The van der Waals surface area contributed by atoms with E-state index in [1.807, 2.05) is 20.8 Å². The monoisotopic (exact) mass is 368 g/mol. The van der Waals surface area contributed by atoms with Gasteiger partial charge in [0.15, 0.2) is 0 Å². The molecule has 1 aliphatic rings. The van der Waals surface area contributed by atoms with E-state index in [1.165, 1.54) is 4.31 Å². The van der Waals surface area contributed by atoms with E-state index in [0.29, 0.717) is 50.6 Å². The molecular formula is C18H28N2O4S. The molecule has 0 aliphatic carbocycles. The Morgan fingerprint density at radius 1 is 1.24 bits per heavy atom. The van der Waals surface area contributed by atoms with Crippen molar-refractivity contribution in [2.24, 2.45) is 5.92 Å². The van der Waals surface area contributed by atoms with Gasteiger partial charge >= 0.3 is 0 Å². The van der Waals surface area contributed by atoms with Crippen LogP contribution in [0.4, 0.5) is 0 Å². The number of ether oxygens (including phenoxy) is 1. The molecule has 1 saturated heterocycles. The van der Waals surface area contributed by atoms with Gasteiger partial charge in [-0.2, -0.15) is 4.31 Å². The molecule has 7 heteroatoms. The summed E-state index contributed by atoms with van der Waals surface area (Å²) in [6, 6.07) is 6.57. The summed E-state index contributed by atoms with van der Waals surface area (Å²) in [6.45, 7) is 7.28. The van der Waals surface area contributed by atoms with Gasteiger partial charge in [-0.3, -0.25) is 4.79 Å². The first-order valence-electron chi connectivity index (χ1n) is 8.85. The molecule has 1 amide bonds. The van der Waals surface area contributed by atoms with Crippen molar-refractivity contribution >= 4 is 15.9 Å². The Balaban J connectivity index is 1.93. The number of nitrogens with one attached hydrogen (secondary N) is 1. The molecule has 2 rings (SSSR count). The summed E-state index contributed by atoms with van der Waals surface area (Å²) in [5.74, 6) is 1.02. The molecule has 0 aromatic heterocycles. The molecule has 25 heavy (non-hydrogen) atoms. The number of carbonyl (C=O) groups is 1. The van der Waals surface area contributed by atoms with Gasteiger partial charge in [0, 0.05) is 25.6 Å². The van der Waals surface area contributed by atoms with Crippen LogP contribution in [-0.4, -0.2) is 44.4 Å². The maximum atomic E-state index is 12.7. The Labute approximate surface area is 150 Å². The smallest absolute Gasteiger partial charge is 0.243 e. The van der Waals surface area contributed by atoms with Crippen molar-refractivity contribution in [1.29, 1.82) is 0 Å². The van der Waals surface area contributed by atoms with Gasteiger partial charge in [-0.05, 0) is 49.9 Å². The van der Waals surface area contributed by atoms with E-state index in [9.17, 15) is 13.2 Å². The fraction of sp³-hybridized carbons (Fsp3) is 0.611. The molecule has 1 fully saturated rings. The van der Waals surface area contributed by atoms with Crippen LogP contribution in [0.25, 0.3) is 0 Å². The molecule has 1 aromatic carbocycles. The summed E-state index contributed by atoms with van der Waals surface area (Å²) in [4.78, 5) is 12.1. The maximum absolute atomic E-state index is 12.7. The van der Waals surface area contributed by atoms with Crippen LogP contribution in [0.1, 0.15) is 40.0 Å². The molecule has 0 atom stereocenters. The summed E-state index contributed by atoms with van der Waals surface area (Å²) in [7, 11) is -3.50. The molecule has 6 nitrogen and oxygen atoms in total. The molecule has 0 saturated carbocycles. The Morgan fingerprint density at radius 3 is 2.36 bits per heavy atom. The van der Waals surface area contributed by atoms with Crippen molar-refractivity contribution in [2.45, 2.75) is 51.0 Å². The van der Waals surface area contributed by atoms with Crippen molar-refractivity contribution < 1.29 is 17.9 Å². The summed E-state index contributed by atoms with van der Waals surface area (Å²) in [5.41, 5.74) is 0. The minimum Gasteiger partial charge on any atom is -0.494 e. The van der Waals surface area contributed by atoms with Gasteiger partial charge in [0.05, 0.1) is 11.5 Å². The first-order valence-corrected chi connectivity index (χ1v) is 10.3. The van der Waals surface area contributed by atoms with Crippen LogP contribution < -0.4 is 10.1 Å². The molecule has 1 aliphatic heterocycles. The highest BCUT2D eigenvalue weighted by Crippen LogP contribution is 2.23. The van der Waals surface area contributed by atoms with E-state index in [0.717, 1.165) is 0 Å². The number of hydrogen-bond acceptors (Lipinski definition) is 4. The van der Waals surface area contributed by atoms with Crippen molar-refractivity contribution in [3.8, 4) is 5.75 Å². The molecule has 140 valence electrons. The molecule has 0 unspecified atom stereocenters. The van der Waals surface area contributed by atoms with Gasteiger partial charge in [-0.15, -0.1) is 0 Å². The number of piperidine rings is 1. The maximum Gasteiger partial charge on any atom is 0.243 e. The predicted octanol–water partition coefficient (Wildman–Crippen LogP) is 2.40. The van der Waals surface area contributed by atoms with Crippen LogP contribution in [0, 0.1) is 5.92 Å². The largest absolute Gasteiger partial charge is 0.494 e. The standard InChI is InChI=1S/C18H28N2O4S/c1-4-24-16-5-7-17(8-6-16)25(22,23)20-11-9-15(10-12-20)19-18(21)13-14(2)3/h5-8,14-15H,4,9-13H2,1-3H3,(H,19,21). The SMILES string of the molecule is CCOc1ccc(S(=O)(=O)N2CCC(NC(=O)CC(C)C)CC2)cc1. The van der Waals surface area contributed by atoms with Crippen LogP contribution in [-0.2, 0) is 14.8 Å². The minimum absolute atomic E-state index is 0.0443. The van der Waals surface area contributed by atoms with E-state index in [2.05, 4.69) is 5.32 Å².